The van der Waals surface area contributed by atoms with E-state index >= 15 is 0 Å². The van der Waals surface area contributed by atoms with Crippen LogP contribution in [0.15, 0.2) is 48.5 Å². The van der Waals surface area contributed by atoms with Gasteiger partial charge in [0.25, 0.3) is 5.91 Å². The van der Waals surface area contributed by atoms with Crippen molar-refractivity contribution >= 4 is 29.2 Å². The van der Waals surface area contributed by atoms with Crippen LogP contribution in [0.25, 0.3) is 0 Å². The van der Waals surface area contributed by atoms with Crippen molar-refractivity contribution in [3.63, 3.8) is 0 Å². The molecule has 0 radical (unpaired) electrons. The number of nitrogens with one attached hydrogen (secondary N) is 1. The molecule has 0 aromatic heterocycles. The maximum Gasteiger partial charge on any atom is 0.332 e. The minimum absolute atomic E-state index is 0.183. The molecule has 1 N–H and O–H groups in total. The first kappa shape index (κ1) is 24.6. The molecule has 2 heterocycles. The number of ether oxygens (including phenoxy) is 1. The van der Waals surface area contributed by atoms with E-state index in [-0.39, 0.29) is 18.0 Å². The van der Waals surface area contributed by atoms with Crippen LogP contribution < -0.4 is 15.0 Å². The van der Waals surface area contributed by atoms with Crippen LogP contribution in [0, 0.1) is 5.82 Å². The number of urea groups is 1. The second-order valence-electron chi connectivity index (χ2n) is 8.77. The summed E-state index contributed by atoms with van der Waals surface area (Å²) in [4.78, 5) is 46.5. The predicted octanol–water partition coefficient (Wildman–Crippen LogP) is 2.25. The molecule has 10 heteroatoms. The maximum absolute atomic E-state index is 13.4. The zero-order valence-electron chi connectivity index (χ0n) is 19.9. The Labute approximate surface area is 204 Å². The van der Waals surface area contributed by atoms with Gasteiger partial charge in [-0.15, -0.1) is 0 Å². The molecule has 0 bridgehead atoms. The van der Waals surface area contributed by atoms with Gasteiger partial charge in [0.05, 0.1) is 19.2 Å². The van der Waals surface area contributed by atoms with Crippen molar-refractivity contribution < 1.29 is 23.5 Å². The molecule has 1 unspecified atom stereocenters. The fraction of sp³-hybridized carbons (Fsp3) is 0.400. The number of halogens is 1. The number of hydrogen-bond donors (Lipinski definition) is 1. The van der Waals surface area contributed by atoms with E-state index in [2.05, 4.69) is 22.2 Å². The third kappa shape index (κ3) is 5.77. The molecule has 2 aromatic rings. The van der Waals surface area contributed by atoms with E-state index < -0.39 is 23.8 Å². The van der Waals surface area contributed by atoms with Crippen molar-refractivity contribution in [2.24, 2.45) is 0 Å². The third-order valence-electron chi connectivity index (χ3n) is 6.41. The molecule has 2 aliphatic rings. The van der Waals surface area contributed by atoms with Crippen molar-refractivity contribution in [3.05, 3.63) is 54.3 Å². The van der Waals surface area contributed by atoms with Crippen LogP contribution in [0.4, 0.5) is 20.6 Å². The summed E-state index contributed by atoms with van der Waals surface area (Å²) in [6.45, 7) is 4.52. The molecule has 1 atom stereocenters. The van der Waals surface area contributed by atoms with Gasteiger partial charge in [0.2, 0.25) is 5.91 Å². The van der Waals surface area contributed by atoms with Gasteiger partial charge in [0.1, 0.15) is 17.6 Å². The Morgan fingerprint density at radius 3 is 2.29 bits per heavy atom. The summed E-state index contributed by atoms with van der Waals surface area (Å²) in [6, 6.07) is 10.6. The van der Waals surface area contributed by atoms with Crippen molar-refractivity contribution in [3.8, 4) is 5.75 Å². The number of carbonyl (C=O) groups is 3. The summed E-state index contributed by atoms with van der Waals surface area (Å²) < 4.78 is 18.6. The predicted molar refractivity (Wildman–Crippen MR) is 130 cm³/mol. The lowest BCUT2D eigenvalue weighted by Gasteiger charge is -2.33. The molecule has 4 amide bonds. The Balaban J connectivity index is 1.49. The van der Waals surface area contributed by atoms with E-state index in [1.165, 1.54) is 29.2 Å². The number of piperazine rings is 1. The van der Waals surface area contributed by atoms with Crippen LogP contribution in [0.2, 0.25) is 0 Å². The highest BCUT2D eigenvalue weighted by molar-refractivity contribution is 6.22. The fourth-order valence-electron chi connectivity index (χ4n) is 4.30. The molecule has 35 heavy (non-hydrogen) atoms. The van der Waals surface area contributed by atoms with Gasteiger partial charge in [-0.1, -0.05) is 0 Å². The summed E-state index contributed by atoms with van der Waals surface area (Å²) in [7, 11) is 3.62. The number of anilines is 2. The number of carbonyl (C=O) groups excluding carboxylic acids is 3. The van der Waals surface area contributed by atoms with Gasteiger partial charge >= 0.3 is 6.03 Å². The first-order valence-electron chi connectivity index (χ1n) is 11.6. The largest absolute Gasteiger partial charge is 0.497 e. The molecule has 9 nitrogen and oxygen atoms in total. The Morgan fingerprint density at radius 2 is 1.66 bits per heavy atom. The number of benzene rings is 2. The zero-order chi connectivity index (χ0) is 24.9. The SMILES string of the molecule is COc1ccc(NC(=O)CC2C(=O)N(c3ccc(F)cc3)C(=O)N2CCN2CCN(C)CC2)cc1. The van der Waals surface area contributed by atoms with Gasteiger partial charge in [0.15, 0.2) is 0 Å². The first-order chi connectivity index (χ1) is 16.9. The molecule has 2 fully saturated rings. The Bertz CT molecular complexity index is 1050. The molecule has 2 aliphatic heterocycles. The van der Waals surface area contributed by atoms with E-state index in [0.717, 1.165) is 31.1 Å². The van der Waals surface area contributed by atoms with Gasteiger partial charge in [0, 0.05) is 45.0 Å². The normalized spacial score (nSPS) is 19.3. The lowest BCUT2D eigenvalue weighted by Crippen LogP contribution is -2.48. The molecule has 2 aromatic carbocycles. The van der Waals surface area contributed by atoms with Gasteiger partial charge in [-0.25, -0.2) is 14.1 Å². The zero-order valence-corrected chi connectivity index (χ0v) is 19.9. The number of imide groups is 1. The maximum atomic E-state index is 13.4. The Morgan fingerprint density at radius 1 is 1.00 bits per heavy atom. The van der Waals surface area contributed by atoms with Crippen LogP contribution in [-0.2, 0) is 9.59 Å². The summed E-state index contributed by atoms with van der Waals surface area (Å²) in [5.74, 6) is -0.684. The molecule has 2 saturated heterocycles. The number of nitrogens with zero attached hydrogens (tertiary/aromatic N) is 4. The minimum atomic E-state index is -0.946. The molecule has 0 saturated carbocycles. The number of rotatable bonds is 8. The van der Waals surface area contributed by atoms with E-state index in [1.807, 2.05) is 0 Å². The Hall–Kier alpha value is -3.50. The van der Waals surface area contributed by atoms with E-state index in [4.69, 9.17) is 4.74 Å². The second kappa shape index (κ2) is 10.8. The standard InChI is InChI=1S/C25H30FN5O4/c1-28-11-13-29(14-12-28)15-16-30-22(17-23(32)27-19-5-9-21(35-2)10-6-19)24(33)31(25(30)34)20-7-3-18(26)4-8-20/h3-10,22H,11-17H2,1-2H3,(H,27,32). The molecule has 0 spiro atoms. The second-order valence-corrected chi connectivity index (χ2v) is 8.77. The van der Waals surface area contributed by atoms with Crippen LogP contribution in [0.5, 0.6) is 5.75 Å². The molecule has 186 valence electrons. The molecule has 4 rings (SSSR count). The van der Waals surface area contributed by atoms with Crippen LogP contribution in [0.3, 0.4) is 0 Å². The summed E-state index contributed by atoms with van der Waals surface area (Å²) in [5.41, 5.74) is 0.844. The third-order valence-corrected chi connectivity index (χ3v) is 6.41. The van der Waals surface area contributed by atoms with E-state index in [1.54, 1.807) is 31.4 Å². The van der Waals surface area contributed by atoms with Crippen LogP contribution >= 0.6 is 0 Å². The van der Waals surface area contributed by atoms with Crippen molar-refractivity contribution in [1.82, 2.24) is 14.7 Å². The van der Waals surface area contributed by atoms with Gasteiger partial charge < -0.3 is 19.9 Å². The van der Waals surface area contributed by atoms with E-state index in [0.29, 0.717) is 24.5 Å². The highest BCUT2D eigenvalue weighted by Gasteiger charge is 2.46. The smallest absolute Gasteiger partial charge is 0.332 e. The summed E-state index contributed by atoms with van der Waals surface area (Å²) in [6.07, 6.45) is -0.183. The minimum Gasteiger partial charge on any atom is -0.497 e. The molecular formula is C25H30FN5O4. The first-order valence-corrected chi connectivity index (χ1v) is 11.6. The topological polar surface area (TPSA) is 85.4 Å². The quantitative estimate of drug-likeness (QED) is 0.580. The van der Waals surface area contributed by atoms with Crippen molar-refractivity contribution in [2.45, 2.75) is 12.5 Å². The average molecular weight is 484 g/mol. The average Bonchev–Trinajstić information content (AvgIpc) is 3.08. The highest BCUT2D eigenvalue weighted by atomic mass is 19.1. The van der Waals surface area contributed by atoms with Gasteiger partial charge in [-0.3, -0.25) is 14.5 Å². The number of methoxy groups -OCH3 is 1. The van der Waals surface area contributed by atoms with Crippen LogP contribution in [0.1, 0.15) is 6.42 Å². The fourth-order valence-corrected chi connectivity index (χ4v) is 4.30. The lowest BCUT2D eigenvalue weighted by atomic mass is 10.1. The van der Waals surface area contributed by atoms with Crippen molar-refractivity contribution in [2.75, 3.05) is 63.6 Å². The van der Waals surface area contributed by atoms with Crippen molar-refractivity contribution in [1.29, 1.82) is 0 Å². The van der Waals surface area contributed by atoms with E-state index in [9.17, 15) is 18.8 Å². The van der Waals surface area contributed by atoms with Crippen LogP contribution in [-0.4, -0.2) is 92.0 Å². The highest BCUT2D eigenvalue weighted by Crippen LogP contribution is 2.27. The van der Waals surface area contributed by atoms with Gasteiger partial charge in [-0.05, 0) is 55.6 Å². The Kier molecular flexibility index (Phi) is 7.62. The number of likely N-dealkylation sites (N-methyl/N-ethyl adjacent to an activating group) is 1. The van der Waals surface area contributed by atoms with Gasteiger partial charge in [-0.2, -0.15) is 0 Å². The molecule has 0 aliphatic carbocycles. The number of amides is 4. The molecular weight excluding hydrogens is 453 g/mol. The summed E-state index contributed by atoms with van der Waals surface area (Å²) in [5, 5.41) is 2.78. The monoisotopic (exact) mass is 483 g/mol. The number of hydrogen-bond acceptors (Lipinski definition) is 6. The summed E-state index contributed by atoms with van der Waals surface area (Å²) >= 11 is 0. The lowest BCUT2D eigenvalue weighted by molar-refractivity contribution is -0.124.